The van der Waals surface area contributed by atoms with E-state index in [9.17, 15) is 28.0 Å². The number of nitrogens with zero attached hydrogens (tertiary/aromatic N) is 1. The Morgan fingerprint density at radius 3 is 2.71 bits per heavy atom. The van der Waals surface area contributed by atoms with Crippen LogP contribution in [-0.4, -0.2) is 48.4 Å². The second-order valence-corrected chi connectivity index (χ2v) is 8.20. The number of nitrogens with one attached hydrogen (secondary N) is 1. The summed E-state index contributed by atoms with van der Waals surface area (Å²) in [6.45, 7) is -2.92. The first-order valence-electron chi connectivity index (χ1n) is 10.7. The first kappa shape index (κ1) is 23.3. The van der Waals surface area contributed by atoms with E-state index in [0.29, 0.717) is 24.0 Å². The van der Waals surface area contributed by atoms with E-state index in [4.69, 9.17) is 4.74 Å². The number of hydrogen-bond acceptors (Lipinski definition) is 6. The van der Waals surface area contributed by atoms with Crippen LogP contribution in [0.1, 0.15) is 39.9 Å². The van der Waals surface area contributed by atoms with Crippen molar-refractivity contribution < 1.29 is 37.4 Å². The van der Waals surface area contributed by atoms with Gasteiger partial charge in [-0.2, -0.15) is 8.78 Å². The largest absolute Gasteiger partial charge is 0.456 e. The third kappa shape index (κ3) is 4.35. The molecule has 1 fully saturated rings. The van der Waals surface area contributed by atoms with Crippen molar-refractivity contribution in [3.63, 3.8) is 0 Å². The summed E-state index contributed by atoms with van der Waals surface area (Å²) in [4.78, 5) is 51.4. The van der Waals surface area contributed by atoms with E-state index >= 15 is 0 Å². The van der Waals surface area contributed by atoms with Crippen LogP contribution in [0.5, 0.6) is 5.75 Å². The van der Waals surface area contributed by atoms with Crippen LogP contribution in [0.2, 0.25) is 0 Å². The molecule has 1 aliphatic carbocycles. The maximum atomic E-state index is 13.2. The summed E-state index contributed by atoms with van der Waals surface area (Å²) < 4.78 is 34.6. The molecule has 3 amide bonds. The normalized spacial score (nSPS) is 19.2. The number of fused-ring (bicyclic) bond motifs is 2. The Morgan fingerprint density at radius 1 is 1.18 bits per heavy atom. The lowest BCUT2D eigenvalue weighted by molar-refractivity contribution is -0.147. The number of carbonyl (C=O) groups excluding carboxylic acids is 4. The summed E-state index contributed by atoms with van der Waals surface area (Å²) in [6, 6.07) is 10.7. The number of hydrogen-bond donors (Lipinski definition) is 1. The summed E-state index contributed by atoms with van der Waals surface area (Å²) in [6.07, 6.45) is 1.87. The Balaban J connectivity index is 1.43. The molecule has 2 aromatic rings. The van der Waals surface area contributed by atoms with Gasteiger partial charge >= 0.3 is 18.6 Å². The minimum atomic E-state index is -3.13. The molecule has 1 saturated heterocycles. The molecule has 0 radical (unpaired) electrons. The number of amides is 3. The van der Waals surface area contributed by atoms with E-state index in [1.54, 1.807) is 19.1 Å². The van der Waals surface area contributed by atoms with Gasteiger partial charge in [-0.25, -0.2) is 4.79 Å². The van der Waals surface area contributed by atoms with Gasteiger partial charge in [0.2, 0.25) is 5.78 Å². The third-order valence-corrected chi connectivity index (χ3v) is 5.95. The van der Waals surface area contributed by atoms with Gasteiger partial charge in [0.25, 0.3) is 5.91 Å². The van der Waals surface area contributed by atoms with Gasteiger partial charge in [-0.3, -0.25) is 19.3 Å². The molecule has 178 valence electrons. The summed E-state index contributed by atoms with van der Waals surface area (Å²) in [5.74, 6) is -2.64. The number of alkyl halides is 2. The molecule has 0 saturated carbocycles. The molecule has 0 aromatic heterocycles. The van der Waals surface area contributed by atoms with Gasteiger partial charge in [0, 0.05) is 0 Å². The number of imide groups is 1. The van der Waals surface area contributed by atoms with E-state index in [1.165, 1.54) is 18.2 Å². The van der Waals surface area contributed by atoms with E-state index in [2.05, 4.69) is 10.1 Å². The number of carbonyl (C=O) groups is 4. The zero-order valence-corrected chi connectivity index (χ0v) is 18.3. The fourth-order valence-electron chi connectivity index (χ4n) is 4.41. The van der Waals surface area contributed by atoms with Crippen molar-refractivity contribution in [2.24, 2.45) is 0 Å². The van der Waals surface area contributed by atoms with Gasteiger partial charge in [0.05, 0.1) is 5.56 Å². The lowest BCUT2D eigenvalue weighted by Crippen LogP contribution is -2.46. The van der Waals surface area contributed by atoms with Crippen LogP contribution in [0, 0.1) is 6.92 Å². The molecule has 2 aromatic carbocycles. The summed E-state index contributed by atoms with van der Waals surface area (Å²) in [5.41, 5.74) is 0.883. The fraction of sp³-hybridized carbons (Fsp3) is 0.333. The Labute approximate surface area is 193 Å². The first-order valence-corrected chi connectivity index (χ1v) is 10.7. The number of rotatable bonds is 7. The summed E-state index contributed by atoms with van der Waals surface area (Å²) in [5, 5.41) is 2.73. The van der Waals surface area contributed by atoms with Gasteiger partial charge in [0.1, 0.15) is 17.8 Å². The number of Topliss-reactive ketones (excluding diaryl/α,β-unsaturated/α-hetero) is 1. The molecule has 10 heteroatoms. The molecule has 8 nitrogen and oxygen atoms in total. The number of benzene rings is 2. The lowest BCUT2D eigenvalue weighted by atomic mass is 9.76. The van der Waals surface area contributed by atoms with Crippen LogP contribution in [0.15, 0.2) is 42.5 Å². The monoisotopic (exact) mass is 472 g/mol. The van der Waals surface area contributed by atoms with Gasteiger partial charge in [-0.05, 0) is 49.4 Å². The van der Waals surface area contributed by atoms with Crippen molar-refractivity contribution in [2.75, 3.05) is 13.2 Å². The van der Waals surface area contributed by atoms with E-state index in [-0.39, 0.29) is 11.3 Å². The van der Waals surface area contributed by atoms with Gasteiger partial charge < -0.3 is 14.8 Å². The molecule has 1 spiro atoms. The van der Waals surface area contributed by atoms with Crippen LogP contribution in [0.25, 0.3) is 0 Å². The van der Waals surface area contributed by atoms with Gasteiger partial charge in [0.15, 0.2) is 6.61 Å². The number of halogens is 2. The zero-order chi connectivity index (χ0) is 24.5. The van der Waals surface area contributed by atoms with Crippen LogP contribution >= 0.6 is 0 Å². The topological polar surface area (TPSA) is 102 Å². The highest BCUT2D eigenvalue weighted by atomic mass is 19.3. The quantitative estimate of drug-likeness (QED) is 0.378. The standard InChI is InChI=1S/C24H22F2N2O6/c1-14-8-9-19(34-22(25)26)16(11-14)18(29)13-33-20(30)12-28-21(31)24(27-23(28)32)10-4-6-15-5-2-3-7-17(15)24/h2-3,5,7-9,11,22H,4,6,10,12-13H2,1H3,(H,27,32). The smallest absolute Gasteiger partial charge is 0.387 e. The molecule has 1 aliphatic heterocycles. The van der Waals surface area contributed by atoms with Crippen LogP contribution in [-0.2, 0) is 26.3 Å². The lowest BCUT2D eigenvalue weighted by Gasteiger charge is -2.33. The van der Waals surface area contributed by atoms with E-state index < -0.39 is 49.0 Å². The van der Waals surface area contributed by atoms with E-state index in [0.717, 1.165) is 16.9 Å². The molecule has 1 unspecified atom stereocenters. The Bertz CT molecular complexity index is 1170. The second-order valence-electron chi connectivity index (χ2n) is 8.20. The average Bonchev–Trinajstić information content (AvgIpc) is 3.03. The molecule has 1 heterocycles. The van der Waals surface area contributed by atoms with E-state index in [1.807, 2.05) is 12.1 Å². The molecule has 4 rings (SSSR count). The van der Waals surface area contributed by atoms with Crippen molar-refractivity contribution in [1.82, 2.24) is 10.2 Å². The molecule has 1 atom stereocenters. The number of ether oxygens (including phenoxy) is 2. The predicted molar refractivity (Wildman–Crippen MR) is 114 cm³/mol. The Hall–Kier alpha value is -3.82. The third-order valence-electron chi connectivity index (χ3n) is 5.95. The molecule has 0 bridgehead atoms. The fourth-order valence-corrected chi connectivity index (χ4v) is 4.41. The zero-order valence-electron chi connectivity index (χ0n) is 18.3. The minimum Gasteiger partial charge on any atom is -0.456 e. The Morgan fingerprint density at radius 2 is 1.94 bits per heavy atom. The highest BCUT2D eigenvalue weighted by Crippen LogP contribution is 2.39. The predicted octanol–water partition coefficient (Wildman–Crippen LogP) is 3.11. The van der Waals surface area contributed by atoms with Crippen LogP contribution in [0.3, 0.4) is 0 Å². The Kier molecular flexibility index (Phi) is 6.32. The van der Waals surface area contributed by atoms with Crippen LogP contribution in [0.4, 0.5) is 13.6 Å². The molecule has 1 N–H and O–H groups in total. The number of urea groups is 1. The number of aryl methyl sites for hydroxylation is 2. The van der Waals surface area contributed by atoms with Crippen molar-refractivity contribution in [2.45, 2.75) is 38.3 Å². The maximum absolute atomic E-state index is 13.2. The molecule has 2 aliphatic rings. The number of esters is 1. The first-order chi connectivity index (χ1) is 16.2. The van der Waals surface area contributed by atoms with Crippen LogP contribution < -0.4 is 10.1 Å². The van der Waals surface area contributed by atoms with Gasteiger partial charge in [-0.15, -0.1) is 0 Å². The summed E-state index contributed by atoms with van der Waals surface area (Å²) in [7, 11) is 0. The molecule has 34 heavy (non-hydrogen) atoms. The van der Waals surface area contributed by atoms with Crippen molar-refractivity contribution in [3.8, 4) is 5.75 Å². The highest BCUT2D eigenvalue weighted by molar-refractivity contribution is 6.09. The van der Waals surface area contributed by atoms with Crippen molar-refractivity contribution in [3.05, 3.63) is 64.7 Å². The maximum Gasteiger partial charge on any atom is 0.387 e. The highest BCUT2D eigenvalue weighted by Gasteiger charge is 2.54. The van der Waals surface area contributed by atoms with Gasteiger partial charge in [-0.1, -0.05) is 35.9 Å². The second kappa shape index (κ2) is 9.20. The molecular formula is C24H22F2N2O6. The molecular weight excluding hydrogens is 450 g/mol. The van der Waals surface area contributed by atoms with Crippen molar-refractivity contribution >= 4 is 23.7 Å². The minimum absolute atomic E-state index is 0.166. The summed E-state index contributed by atoms with van der Waals surface area (Å²) >= 11 is 0. The van der Waals surface area contributed by atoms with Crippen molar-refractivity contribution in [1.29, 1.82) is 0 Å². The average molecular weight is 472 g/mol. The number of ketones is 1. The SMILES string of the molecule is Cc1ccc(OC(F)F)c(C(=O)COC(=O)CN2C(=O)NC3(CCCc4ccccc43)C2=O)c1.